The van der Waals surface area contributed by atoms with Crippen LogP contribution in [0.15, 0.2) is 340 Å². The highest BCUT2D eigenvalue weighted by Gasteiger charge is 2.36. The van der Waals surface area contributed by atoms with Crippen molar-refractivity contribution in [3.63, 3.8) is 0 Å². The molecule has 536 valence electrons. The molecular formula is C106H102N2. The molecule has 0 radical (unpaired) electrons. The molecule has 108 heavy (non-hydrogen) atoms. The third kappa shape index (κ3) is 15.1. The highest BCUT2D eigenvalue weighted by atomic mass is 15.1. The van der Waals surface area contributed by atoms with Crippen LogP contribution in [0.2, 0.25) is 0 Å². The molecule has 0 atom stereocenters. The van der Waals surface area contributed by atoms with Crippen molar-refractivity contribution in [1.29, 1.82) is 0 Å². The summed E-state index contributed by atoms with van der Waals surface area (Å²) in [6.45, 7) is 27.4. The summed E-state index contributed by atoms with van der Waals surface area (Å²) in [5.41, 5.74) is 34.2. The van der Waals surface area contributed by atoms with Gasteiger partial charge in [-0.1, -0.05) is 369 Å². The molecule has 1 aliphatic rings. The molecule has 0 bridgehead atoms. The van der Waals surface area contributed by atoms with Crippen LogP contribution in [0.1, 0.15) is 149 Å². The van der Waals surface area contributed by atoms with E-state index in [2.05, 4.69) is 433 Å². The van der Waals surface area contributed by atoms with Crippen molar-refractivity contribution in [3.8, 4) is 89.0 Å². The summed E-state index contributed by atoms with van der Waals surface area (Å²) in [7, 11) is 0. The van der Waals surface area contributed by atoms with Crippen LogP contribution in [0.5, 0.6) is 0 Å². The average molecular weight is 1400 g/mol. The summed E-state index contributed by atoms with van der Waals surface area (Å²) in [4.78, 5) is 4.88. The Morgan fingerprint density at radius 2 is 0.343 bits per heavy atom. The standard InChI is InChI=1S/C106H102N2/c1-102(2,3)82-48-32-74(33-49-82)94-24-14-18-28-98(94)78-40-60-88(61-41-78)107(89-62-42-79(43-63-89)99-29-19-15-25-95(99)75-34-50-83(51-35-75)103(4,5)6)92-68-56-86(57-69-92)106(72-22-13-23-73-106)87-58-70-93(71-59-87)108(90-64-44-80(45-65-90)100-30-20-16-26-96(100)76-36-52-84(53-37-76)104(7,8)9)91-66-46-81(47-67-91)101-31-21-17-27-97(101)77-38-54-85(55-39-77)105(10,11)12/h14-21,24-71H,13,22-23,72-73H2,1-12H3. The lowest BCUT2D eigenvalue weighted by molar-refractivity contribution is 0.346. The minimum atomic E-state index is -0.167. The maximum atomic E-state index is 2.44. The molecule has 0 unspecified atom stereocenters. The van der Waals surface area contributed by atoms with E-state index in [9.17, 15) is 0 Å². The van der Waals surface area contributed by atoms with E-state index in [1.165, 1.54) is 142 Å². The SMILES string of the molecule is CC(C)(C)c1ccc(-c2ccccc2-c2ccc(N(c3ccc(-c4ccccc4-c4ccc(C(C)(C)C)cc4)cc3)c3ccc(C4(c5ccc(N(c6ccc(-c7ccccc7-c7ccc(C(C)(C)C)cc7)cc6)c6ccc(-c7ccccc7-c7ccc(C(C)(C)C)cc7)cc6)cc5)CCCCC4)cc3)cc2)cc1. The fraction of sp³-hybridized carbons (Fsp3) is 0.208. The van der Waals surface area contributed by atoms with Crippen molar-refractivity contribution >= 4 is 34.1 Å². The van der Waals surface area contributed by atoms with Gasteiger partial charge in [-0.25, -0.2) is 0 Å². The van der Waals surface area contributed by atoms with Crippen molar-refractivity contribution in [2.75, 3.05) is 9.80 Å². The van der Waals surface area contributed by atoms with Gasteiger partial charge < -0.3 is 9.80 Å². The molecule has 0 amide bonds. The molecule has 2 nitrogen and oxygen atoms in total. The molecule has 0 saturated heterocycles. The van der Waals surface area contributed by atoms with Gasteiger partial charge in [0.05, 0.1) is 0 Å². The normalized spacial score (nSPS) is 13.3. The monoisotopic (exact) mass is 1400 g/mol. The van der Waals surface area contributed by atoms with Gasteiger partial charge in [-0.2, -0.15) is 0 Å². The molecular weight excluding hydrogens is 1300 g/mol. The molecule has 0 aromatic heterocycles. The highest BCUT2D eigenvalue weighted by Crippen LogP contribution is 2.49. The predicted molar refractivity (Wildman–Crippen MR) is 464 cm³/mol. The number of hydrogen-bond acceptors (Lipinski definition) is 2. The first-order chi connectivity index (χ1) is 52.0. The second-order valence-electron chi connectivity index (χ2n) is 34.1. The zero-order valence-corrected chi connectivity index (χ0v) is 65.3. The van der Waals surface area contributed by atoms with Crippen LogP contribution in [0.4, 0.5) is 34.1 Å². The summed E-state index contributed by atoms with van der Waals surface area (Å²) < 4.78 is 0. The van der Waals surface area contributed by atoms with Gasteiger partial charge in [0.2, 0.25) is 0 Å². The molecule has 15 rings (SSSR count). The van der Waals surface area contributed by atoms with Crippen LogP contribution in [0.25, 0.3) is 89.0 Å². The fourth-order valence-corrected chi connectivity index (χ4v) is 16.4. The van der Waals surface area contributed by atoms with Crippen molar-refractivity contribution in [1.82, 2.24) is 0 Å². The predicted octanol–water partition coefficient (Wildman–Crippen LogP) is 30.4. The molecule has 2 heteroatoms. The molecule has 0 aliphatic heterocycles. The number of rotatable bonds is 16. The van der Waals surface area contributed by atoms with Gasteiger partial charge in [-0.3, -0.25) is 0 Å². The molecule has 1 aliphatic carbocycles. The number of benzene rings is 14. The van der Waals surface area contributed by atoms with Gasteiger partial charge in [0.25, 0.3) is 0 Å². The van der Waals surface area contributed by atoms with Gasteiger partial charge in [-0.05, 0) is 230 Å². The lowest BCUT2D eigenvalue weighted by atomic mass is 9.65. The summed E-state index contributed by atoms with van der Waals surface area (Å²) in [6, 6.07) is 128. The van der Waals surface area contributed by atoms with Gasteiger partial charge >= 0.3 is 0 Å². The summed E-state index contributed by atoms with van der Waals surface area (Å²) in [6.07, 6.45) is 5.75. The van der Waals surface area contributed by atoms with Crippen LogP contribution in [0.3, 0.4) is 0 Å². The van der Waals surface area contributed by atoms with E-state index < -0.39 is 0 Å². The maximum Gasteiger partial charge on any atom is 0.0462 e. The maximum absolute atomic E-state index is 2.44. The quantitative estimate of drug-likeness (QED) is 0.0951. The molecule has 1 saturated carbocycles. The van der Waals surface area contributed by atoms with Crippen LogP contribution in [-0.4, -0.2) is 0 Å². The number of nitrogens with zero attached hydrogens (tertiary/aromatic N) is 2. The molecule has 14 aromatic rings. The average Bonchev–Trinajstić information content (AvgIpc) is 0.762. The second kappa shape index (κ2) is 29.8. The van der Waals surface area contributed by atoms with Crippen LogP contribution in [0, 0.1) is 0 Å². The number of anilines is 6. The Labute approximate surface area is 644 Å². The van der Waals surface area contributed by atoms with E-state index in [1.54, 1.807) is 0 Å². The first kappa shape index (κ1) is 72.3. The van der Waals surface area contributed by atoms with Crippen LogP contribution in [-0.2, 0) is 27.1 Å². The van der Waals surface area contributed by atoms with E-state index in [4.69, 9.17) is 0 Å². The van der Waals surface area contributed by atoms with E-state index in [0.29, 0.717) is 0 Å². The molecule has 0 N–H and O–H groups in total. The zero-order valence-electron chi connectivity index (χ0n) is 65.3. The third-order valence-corrected chi connectivity index (χ3v) is 22.8. The molecule has 14 aromatic carbocycles. The van der Waals surface area contributed by atoms with Gasteiger partial charge in [-0.15, -0.1) is 0 Å². The lowest BCUT2D eigenvalue weighted by Gasteiger charge is -2.39. The molecule has 0 spiro atoms. The van der Waals surface area contributed by atoms with Crippen molar-refractivity contribution in [2.45, 2.75) is 142 Å². The van der Waals surface area contributed by atoms with Crippen LogP contribution < -0.4 is 9.80 Å². The van der Waals surface area contributed by atoms with Crippen LogP contribution >= 0.6 is 0 Å². The first-order valence-electron chi connectivity index (χ1n) is 39.1. The minimum Gasteiger partial charge on any atom is -0.311 e. The number of hydrogen-bond donors (Lipinski definition) is 0. The van der Waals surface area contributed by atoms with Crippen molar-refractivity contribution < 1.29 is 0 Å². The van der Waals surface area contributed by atoms with Gasteiger partial charge in [0.1, 0.15) is 0 Å². The largest absolute Gasteiger partial charge is 0.311 e. The first-order valence-corrected chi connectivity index (χ1v) is 39.1. The second-order valence-corrected chi connectivity index (χ2v) is 34.1. The van der Waals surface area contributed by atoms with E-state index in [1.807, 2.05) is 0 Å². The topological polar surface area (TPSA) is 6.48 Å². The van der Waals surface area contributed by atoms with Crippen molar-refractivity contribution in [2.24, 2.45) is 0 Å². The Balaban J connectivity index is 0.781. The Kier molecular flexibility index (Phi) is 19.9. The highest BCUT2D eigenvalue weighted by molar-refractivity contribution is 5.90. The van der Waals surface area contributed by atoms with Gasteiger partial charge in [0, 0.05) is 39.5 Å². The fourth-order valence-electron chi connectivity index (χ4n) is 16.4. The van der Waals surface area contributed by atoms with E-state index in [0.717, 1.165) is 47.0 Å². The van der Waals surface area contributed by atoms with Gasteiger partial charge in [0.15, 0.2) is 0 Å². The van der Waals surface area contributed by atoms with E-state index in [-0.39, 0.29) is 27.1 Å². The summed E-state index contributed by atoms with van der Waals surface area (Å²) in [5.74, 6) is 0. The summed E-state index contributed by atoms with van der Waals surface area (Å²) >= 11 is 0. The van der Waals surface area contributed by atoms with Crippen molar-refractivity contribution in [3.05, 3.63) is 373 Å². The Bertz CT molecular complexity index is 4770. The Morgan fingerprint density at radius 3 is 0.509 bits per heavy atom. The zero-order chi connectivity index (χ0) is 75.0. The molecule has 1 fully saturated rings. The van der Waals surface area contributed by atoms with E-state index >= 15 is 0 Å². The molecule has 0 heterocycles. The summed E-state index contributed by atoms with van der Waals surface area (Å²) in [5, 5.41) is 0. The lowest BCUT2D eigenvalue weighted by Crippen LogP contribution is -2.30. The Morgan fingerprint density at radius 1 is 0.185 bits per heavy atom. The smallest absolute Gasteiger partial charge is 0.0462 e. The third-order valence-electron chi connectivity index (χ3n) is 22.8. The minimum absolute atomic E-state index is 0.0790. The Hall–Kier alpha value is -11.3.